The number of amides is 1. The summed E-state index contributed by atoms with van der Waals surface area (Å²) in [4.78, 5) is 12.8. The van der Waals surface area contributed by atoms with Gasteiger partial charge in [0.05, 0.1) is 5.69 Å². The molecule has 0 aliphatic carbocycles. The number of hydrogen-bond acceptors (Lipinski definition) is 4. The second-order valence-electron chi connectivity index (χ2n) is 5.17. The zero-order valence-electron chi connectivity index (χ0n) is 10.9. The van der Waals surface area contributed by atoms with Crippen molar-refractivity contribution in [2.24, 2.45) is 0 Å². The van der Waals surface area contributed by atoms with Crippen LogP contribution in [0.3, 0.4) is 0 Å². The number of carbonyl (C=O) groups excluding carboxylic acids is 1. The Morgan fingerprint density at radius 3 is 2.74 bits per heavy atom. The van der Waals surface area contributed by atoms with Crippen molar-refractivity contribution < 1.29 is 4.79 Å². The first-order valence-electron chi connectivity index (χ1n) is 5.77. The molecule has 0 spiro atoms. The number of aromatic nitrogens is 2. The van der Waals surface area contributed by atoms with Crippen LogP contribution in [0, 0.1) is 0 Å². The van der Waals surface area contributed by atoms with Gasteiger partial charge in [-0.1, -0.05) is 47.3 Å². The summed E-state index contributed by atoms with van der Waals surface area (Å²) in [6.45, 7) is 6.04. The molecule has 19 heavy (non-hydrogen) atoms. The average molecular weight is 340 g/mol. The second-order valence-corrected chi connectivity index (χ2v) is 6.83. The van der Waals surface area contributed by atoms with Gasteiger partial charge in [-0.3, -0.25) is 4.79 Å². The van der Waals surface area contributed by atoms with E-state index in [0.29, 0.717) is 4.88 Å². The topological polar surface area (TPSA) is 54.9 Å². The van der Waals surface area contributed by atoms with Crippen LogP contribution in [0.1, 0.15) is 36.1 Å². The monoisotopic (exact) mass is 339 g/mol. The van der Waals surface area contributed by atoms with E-state index in [1.54, 1.807) is 0 Å². The molecule has 1 aromatic heterocycles. The molecule has 0 aliphatic heterocycles. The van der Waals surface area contributed by atoms with Crippen LogP contribution < -0.4 is 5.32 Å². The Balaban J connectivity index is 2.24. The van der Waals surface area contributed by atoms with Gasteiger partial charge in [-0.2, -0.15) is 0 Å². The van der Waals surface area contributed by atoms with Crippen molar-refractivity contribution in [3.05, 3.63) is 39.3 Å². The molecule has 2 rings (SSSR count). The highest BCUT2D eigenvalue weighted by atomic mass is 79.9. The Hall–Kier alpha value is -1.27. The van der Waals surface area contributed by atoms with Crippen molar-refractivity contribution in [1.29, 1.82) is 0 Å². The summed E-state index contributed by atoms with van der Waals surface area (Å²) in [5, 5.41) is 6.93. The summed E-state index contributed by atoms with van der Waals surface area (Å²) in [7, 11) is 0. The van der Waals surface area contributed by atoms with Crippen molar-refractivity contribution in [3.8, 4) is 0 Å². The molecule has 100 valence electrons. The molecule has 0 bridgehead atoms. The van der Waals surface area contributed by atoms with Crippen molar-refractivity contribution in [2.75, 3.05) is 5.32 Å². The van der Waals surface area contributed by atoms with Gasteiger partial charge in [0, 0.05) is 15.6 Å². The Bertz CT molecular complexity index is 604. The number of nitrogens with one attached hydrogen (secondary N) is 1. The van der Waals surface area contributed by atoms with E-state index in [1.165, 1.54) is 0 Å². The van der Waals surface area contributed by atoms with Gasteiger partial charge in [-0.15, -0.1) is 5.10 Å². The minimum absolute atomic E-state index is 0.168. The molecule has 1 heterocycles. The number of carbonyl (C=O) groups is 1. The maximum Gasteiger partial charge on any atom is 0.269 e. The molecule has 0 unspecified atom stereocenters. The maximum absolute atomic E-state index is 12.3. The molecule has 2 aromatic rings. The van der Waals surface area contributed by atoms with E-state index in [-0.39, 0.29) is 11.3 Å². The predicted molar refractivity (Wildman–Crippen MR) is 80.7 cm³/mol. The number of nitrogens with zero attached hydrogens (tertiary/aromatic N) is 2. The molecule has 0 saturated carbocycles. The normalized spacial score (nSPS) is 11.4. The SMILES string of the molecule is CC(C)(C)c1nnsc1C(=O)Nc1cccc(Br)c1. The molecule has 4 nitrogen and oxygen atoms in total. The highest BCUT2D eigenvalue weighted by molar-refractivity contribution is 9.10. The maximum atomic E-state index is 12.3. The number of hydrogen-bond donors (Lipinski definition) is 1. The molecule has 6 heteroatoms. The van der Waals surface area contributed by atoms with Crippen LogP contribution in [-0.4, -0.2) is 15.5 Å². The Labute approximate surface area is 124 Å². The average Bonchev–Trinajstić information content (AvgIpc) is 2.77. The molecule has 0 fully saturated rings. The van der Waals surface area contributed by atoms with Gasteiger partial charge < -0.3 is 5.32 Å². The van der Waals surface area contributed by atoms with Crippen LogP contribution >= 0.6 is 27.5 Å². The minimum atomic E-state index is -0.197. The minimum Gasteiger partial charge on any atom is -0.321 e. The first-order valence-corrected chi connectivity index (χ1v) is 7.34. The third-order valence-electron chi connectivity index (χ3n) is 2.49. The fraction of sp³-hybridized carbons (Fsp3) is 0.308. The zero-order chi connectivity index (χ0) is 14.0. The van der Waals surface area contributed by atoms with Crippen molar-refractivity contribution in [3.63, 3.8) is 0 Å². The van der Waals surface area contributed by atoms with E-state index >= 15 is 0 Å². The van der Waals surface area contributed by atoms with Crippen molar-refractivity contribution in [1.82, 2.24) is 9.59 Å². The Morgan fingerprint density at radius 2 is 2.11 bits per heavy atom. The summed E-state index contributed by atoms with van der Waals surface area (Å²) < 4.78 is 4.81. The van der Waals surface area contributed by atoms with E-state index in [1.807, 2.05) is 45.0 Å². The van der Waals surface area contributed by atoms with Gasteiger partial charge in [-0.25, -0.2) is 0 Å². The zero-order valence-corrected chi connectivity index (χ0v) is 13.3. The van der Waals surface area contributed by atoms with E-state index < -0.39 is 0 Å². The largest absolute Gasteiger partial charge is 0.321 e. The molecular weight excluding hydrogens is 326 g/mol. The van der Waals surface area contributed by atoms with Gasteiger partial charge in [-0.05, 0) is 29.7 Å². The summed E-state index contributed by atoms with van der Waals surface area (Å²) in [6.07, 6.45) is 0. The smallest absolute Gasteiger partial charge is 0.269 e. The molecule has 0 atom stereocenters. The summed E-state index contributed by atoms with van der Waals surface area (Å²) in [5.41, 5.74) is 1.27. The van der Waals surface area contributed by atoms with Crippen LogP contribution in [0.4, 0.5) is 5.69 Å². The molecule has 0 saturated heterocycles. The van der Waals surface area contributed by atoms with Crippen LogP contribution in [0.5, 0.6) is 0 Å². The van der Waals surface area contributed by atoms with Crippen LogP contribution in [-0.2, 0) is 5.41 Å². The van der Waals surface area contributed by atoms with Crippen LogP contribution in [0.2, 0.25) is 0 Å². The van der Waals surface area contributed by atoms with E-state index in [2.05, 4.69) is 30.8 Å². The van der Waals surface area contributed by atoms with E-state index in [0.717, 1.165) is 27.4 Å². The lowest BCUT2D eigenvalue weighted by atomic mass is 9.91. The van der Waals surface area contributed by atoms with E-state index in [9.17, 15) is 4.79 Å². The highest BCUT2D eigenvalue weighted by Crippen LogP contribution is 2.26. The van der Waals surface area contributed by atoms with E-state index in [4.69, 9.17) is 0 Å². The fourth-order valence-corrected chi connectivity index (χ4v) is 2.76. The molecule has 0 aliphatic rings. The van der Waals surface area contributed by atoms with Crippen LogP contribution in [0.25, 0.3) is 0 Å². The first-order chi connectivity index (χ1) is 8.88. The summed E-state index contributed by atoms with van der Waals surface area (Å²) in [6, 6.07) is 7.47. The lowest BCUT2D eigenvalue weighted by molar-refractivity contribution is 0.102. The van der Waals surface area contributed by atoms with Gasteiger partial charge in [0.15, 0.2) is 0 Å². The summed E-state index contributed by atoms with van der Waals surface area (Å²) >= 11 is 4.50. The third-order valence-corrected chi connectivity index (χ3v) is 3.71. The second kappa shape index (κ2) is 5.38. The van der Waals surface area contributed by atoms with Crippen LogP contribution in [0.15, 0.2) is 28.7 Å². The number of benzene rings is 1. The molecule has 1 aromatic carbocycles. The Morgan fingerprint density at radius 1 is 1.37 bits per heavy atom. The standard InChI is InChI=1S/C13H14BrN3OS/c1-13(2,3)11-10(19-17-16-11)12(18)15-9-6-4-5-8(14)7-9/h4-7H,1-3H3,(H,15,18). The first kappa shape index (κ1) is 14.1. The fourth-order valence-electron chi connectivity index (χ4n) is 1.58. The molecule has 0 radical (unpaired) electrons. The van der Waals surface area contributed by atoms with Crippen molar-refractivity contribution in [2.45, 2.75) is 26.2 Å². The lowest BCUT2D eigenvalue weighted by Crippen LogP contribution is -2.19. The van der Waals surface area contributed by atoms with Gasteiger partial charge in [0.25, 0.3) is 5.91 Å². The number of halogens is 1. The molecule has 1 amide bonds. The lowest BCUT2D eigenvalue weighted by Gasteiger charge is -2.16. The van der Waals surface area contributed by atoms with Crippen molar-refractivity contribution >= 4 is 39.1 Å². The highest BCUT2D eigenvalue weighted by Gasteiger charge is 2.26. The summed E-state index contributed by atoms with van der Waals surface area (Å²) in [5.74, 6) is -0.168. The third kappa shape index (κ3) is 3.39. The van der Waals surface area contributed by atoms with Gasteiger partial charge >= 0.3 is 0 Å². The molecular formula is C13H14BrN3OS. The van der Waals surface area contributed by atoms with Gasteiger partial charge in [0.2, 0.25) is 0 Å². The van der Waals surface area contributed by atoms with Gasteiger partial charge in [0.1, 0.15) is 4.88 Å². The number of anilines is 1. The quantitative estimate of drug-likeness (QED) is 0.903. The predicted octanol–water partition coefficient (Wildman–Crippen LogP) is 3.85. The molecule has 1 N–H and O–H groups in total. The number of rotatable bonds is 2. The Kier molecular flexibility index (Phi) is 4.01.